The molecule has 0 unspecified atom stereocenters. The van der Waals surface area contributed by atoms with E-state index in [0.29, 0.717) is 6.54 Å². The van der Waals surface area contributed by atoms with Gasteiger partial charge in [0.1, 0.15) is 0 Å². The number of aromatic amines is 1. The summed E-state index contributed by atoms with van der Waals surface area (Å²) in [5, 5.41) is 5.52. The van der Waals surface area contributed by atoms with Crippen LogP contribution in [0, 0.1) is 0 Å². The number of nitrogens with zero attached hydrogens (tertiary/aromatic N) is 1. The first kappa shape index (κ1) is 12.2. The van der Waals surface area contributed by atoms with Crippen molar-refractivity contribution in [3.05, 3.63) is 34.8 Å². The average Bonchev–Trinajstić information content (AvgIpc) is 2.98. The number of amides is 1. The van der Waals surface area contributed by atoms with Gasteiger partial charge in [0.05, 0.1) is 11.8 Å². The van der Waals surface area contributed by atoms with Gasteiger partial charge in [-0.05, 0) is 18.4 Å². The topological polar surface area (TPSA) is 57.8 Å². The largest absolute Gasteiger partial charge is 0.350 e. The van der Waals surface area contributed by atoms with E-state index in [9.17, 15) is 4.79 Å². The zero-order valence-corrected chi connectivity index (χ0v) is 11.0. The van der Waals surface area contributed by atoms with E-state index in [1.807, 2.05) is 24.4 Å². The molecule has 0 saturated carbocycles. The third-order valence-electron chi connectivity index (χ3n) is 2.15. The highest BCUT2D eigenvalue weighted by Crippen LogP contribution is 2.18. The Morgan fingerprint density at radius 3 is 3.24 bits per heavy atom. The first-order valence-electron chi connectivity index (χ1n) is 5.22. The lowest BCUT2D eigenvalue weighted by Crippen LogP contribution is -2.30. The fourth-order valence-electron chi connectivity index (χ4n) is 1.27. The number of thiophene rings is 1. The number of hydrogen-bond donors (Lipinski definition) is 2. The SMILES string of the molecule is C[C@H](Sc1ncc[nH]1)C(=O)NCc1cccs1. The maximum absolute atomic E-state index is 11.8. The highest BCUT2D eigenvalue weighted by molar-refractivity contribution is 8.00. The van der Waals surface area contributed by atoms with E-state index >= 15 is 0 Å². The summed E-state index contributed by atoms with van der Waals surface area (Å²) in [5.41, 5.74) is 0. The van der Waals surface area contributed by atoms with Crippen molar-refractivity contribution in [1.29, 1.82) is 0 Å². The fraction of sp³-hybridized carbons (Fsp3) is 0.273. The number of rotatable bonds is 5. The Hall–Kier alpha value is -1.27. The van der Waals surface area contributed by atoms with Crippen LogP contribution in [-0.2, 0) is 11.3 Å². The smallest absolute Gasteiger partial charge is 0.233 e. The Morgan fingerprint density at radius 1 is 1.71 bits per heavy atom. The van der Waals surface area contributed by atoms with Crippen LogP contribution in [0.3, 0.4) is 0 Å². The number of thioether (sulfide) groups is 1. The maximum atomic E-state index is 11.8. The van der Waals surface area contributed by atoms with Gasteiger partial charge in [-0.3, -0.25) is 4.79 Å². The van der Waals surface area contributed by atoms with Crippen molar-refractivity contribution in [2.24, 2.45) is 0 Å². The highest BCUT2D eigenvalue weighted by Gasteiger charge is 2.15. The van der Waals surface area contributed by atoms with Crippen molar-refractivity contribution in [3.63, 3.8) is 0 Å². The average molecular weight is 267 g/mol. The molecule has 0 aliphatic heterocycles. The van der Waals surface area contributed by atoms with Crippen LogP contribution in [0.5, 0.6) is 0 Å². The molecule has 1 atom stereocenters. The van der Waals surface area contributed by atoms with E-state index in [0.717, 1.165) is 10.0 Å². The minimum absolute atomic E-state index is 0.0276. The second kappa shape index (κ2) is 5.88. The standard InChI is InChI=1S/C11H13N3OS2/c1-8(17-11-12-4-5-13-11)10(15)14-7-9-3-2-6-16-9/h2-6,8H,7H2,1H3,(H,12,13)(H,14,15)/t8-/m0/s1. The van der Waals surface area contributed by atoms with Crippen LogP contribution in [-0.4, -0.2) is 21.1 Å². The molecule has 90 valence electrons. The summed E-state index contributed by atoms with van der Waals surface area (Å²) < 4.78 is 0. The van der Waals surface area contributed by atoms with Crippen LogP contribution in [0.1, 0.15) is 11.8 Å². The number of nitrogens with one attached hydrogen (secondary N) is 2. The minimum atomic E-state index is -0.152. The third-order valence-corrected chi connectivity index (χ3v) is 4.04. The number of H-pyrrole nitrogens is 1. The lowest BCUT2D eigenvalue weighted by molar-refractivity contribution is -0.120. The predicted molar refractivity (Wildman–Crippen MR) is 70.1 cm³/mol. The first-order chi connectivity index (χ1) is 8.25. The lowest BCUT2D eigenvalue weighted by Gasteiger charge is -2.09. The monoisotopic (exact) mass is 267 g/mol. The molecule has 0 bridgehead atoms. The lowest BCUT2D eigenvalue weighted by atomic mass is 10.4. The van der Waals surface area contributed by atoms with Gasteiger partial charge in [-0.15, -0.1) is 11.3 Å². The molecule has 0 aromatic carbocycles. The zero-order valence-electron chi connectivity index (χ0n) is 9.34. The third kappa shape index (κ3) is 3.61. The van der Waals surface area contributed by atoms with Crippen molar-refractivity contribution in [2.45, 2.75) is 23.9 Å². The molecule has 2 heterocycles. The van der Waals surface area contributed by atoms with Gasteiger partial charge < -0.3 is 10.3 Å². The molecule has 0 spiro atoms. The molecule has 2 aromatic rings. The molecule has 2 rings (SSSR count). The molecule has 17 heavy (non-hydrogen) atoms. The van der Waals surface area contributed by atoms with Gasteiger partial charge >= 0.3 is 0 Å². The van der Waals surface area contributed by atoms with Crippen molar-refractivity contribution < 1.29 is 4.79 Å². The van der Waals surface area contributed by atoms with E-state index in [-0.39, 0.29) is 11.2 Å². The molecule has 0 fully saturated rings. The molecule has 0 aliphatic rings. The summed E-state index contributed by atoms with van der Waals surface area (Å²) in [6.07, 6.45) is 3.43. The van der Waals surface area contributed by atoms with Crippen LogP contribution in [0.25, 0.3) is 0 Å². The summed E-state index contributed by atoms with van der Waals surface area (Å²) in [7, 11) is 0. The number of hydrogen-bond acceptors (Lipinski definition) is 4. The Balaban J connectivity index is 1.79. The molecule has 2 N–H and O–H groups in total. The maximum Gasteiger partial charge on any atom is 0.233 e. The van der Waals surface area contributed by atoms with Gasteiger partial charge in [-0.25, -0.2) is 4.98 Å². The van der Waals surface area contributed by atoms with Crippen LogP contribution in [0.2, 0.25) is 0 Å². The first-order valence-corrected chi connectivity index (χ1v) is 6.98. The summed E-state index contributed by atoms with van der Waals surface area (Å²) >= 11 is 3.06. The Morgan fingerprint density at radius 2 is 2.59 bits per heavy atom. The van der Waals surface area contributed by atoms with E-state index in [1.165, 1.54) is 11.8 Å². The Kier molecular flexibility index (Phi) is 4.22. The highest BCUT2D eigenvalue weighted by atomic mass is 32.2. The summed E-state index contributed by atoms with van der Waals surface area (Å²) in [5.74, 6) is 0.0276. The number of imidazole rings is 1. The quantitative estimate of drug-likeness (QED) is 0.817. The number of aromatic nitrogens is 2. The van der Waals surface area contributed by atoms with Gasteiger partial charge in [0.15, 0.2) is 5.16 Å². The van der Waals surface area contributed by atoms with Crippen molar-refractivity contribution in [1.82, 2.24) is 15.3 Å². The molecular weight excluding hydrogens is 254 g/mol. The molecule has 0 aliphatic carbocycles. The van der Waals surface area contributed by atoms with Crippen LogP contribution >= 0.6 is 23.1 Å². The van der Waals surface area contributed by atoms with Crippen LogP contribution < -0.4 is 5.32 Å². The zero-order chi connectivity index (χ0) is 12.1. The van der Waals surface area contributed by atoms with Gasteiger partial charge in [0, 0.05) is 17.3 Å². The Bertz CT molecular complexity index is 453. The predicted octanol–water partition coefficient (Wildman–Crippen LogP) is 2.27. The summed E-state index contributed by atoms with van der Waals surface area (Å²) in [4.78, 5) is 20.0. The van der Waals surface area contributed by atoms with Crippen LogP contribution in [0.4, 0.5) is 0 Å². The molecule has 6 heteroatoms. The van der Waals surface area contributed by atoms with Crippen molar-refractivity contribution in [2.75, 3.05) is 0 Å². The van der Waals surface area contributed by atoms with E-state index in [1.54, 1.807) is 23.7 Å². The van der Waals surface area contributed by atoms with E-state index in [4.69, 9.17) is 0 Å². The fourth-order valence-corrected chi connectivity index (χ4v) is 2.69. The second-order valence-electron chi connectivity index (χ2n) is 3.45. The molecule has 1 amide bonds. The summed E-state index contributed by atoms with van der Waals surface area (Å²) in [6, 6.07) is 3.99. The molecule has 2 aromatic heterocycles. The van der Waals surface area contributed by atoms with Gasteiger partial charge in [0.2, 0.25) is 5.91 Å². The normalized spacial score (nSPS) is 12.3. The van der Waals surface area contributed by atoms with Crippen LogP contribution in [0.15, 0.2) is 35.1 Å². The van der Waals surface area contributed by atoms with Gasteiger partial charge in [-0.1, -0.05) is 17.8 Å². The second-order valence-corrected chi connectivity index (χ2v) is 5.81. The Labute approximate surface area is 108 Å². The van der Waals surface area contributed by atoms with E-state index in [2.05, 4.69) is 15.3 Å². The minimum Gasteiger partial charge on any atom is -0.350 e. The van der Waals surface area contributed by atoms with E-state index < -0.39 is 0 Å². The van der Waals surface area contributed by atoms with Gasteiger partial charge in [-0.2, -0.15) is 0 Å². The summed E-state index contributed by atoms with van der Waals surface area (Å²) in [6.45, 7) is 2.47. The number of carbonyl (C=O) groups excluding carboxylic acids is 1. The van der Waals surface area contributed by atoms with Crippen molar-refractivity contribution in [3.8, 4) is 0 Å². The molecular formula is C11H13N3OS2. The number of carbonyl (C=O) groups is 1. The van der Waals surface area contributed by atoms with Crippen molar-refractivity contribution >= 4 is 29.0 Å². The van der Waals surface area contributed by atoms with Gasteiger partial charge in [0.25, 0.3) is 0 Å². The molecule has 4 nitrogen and oxygen atoms in total. The molecule has 0 radical (unpaired) electrons. The molecule has 0 saturated heterocycles.